The van der Waals surface area contributed by atoms with Crippen molar-refractivity contribution in [3.63, 3.8) is 0 Å². The first kappa shape index (κ1) is 23.6. The van der Waals surface area contributed by atoms with Crippen molar-refractivity contribution in [3.8, 4) is 0 Å². The van der Waals surface area contributed by atoms with Crippen LogP contribution in [0.25, 0.3) is 11.0 Å². The van der Waals surface area contributed by atoms with E-state index in [1.165, 1.54) is 0 Å². The van der Waals surface area contributed by atoms with Gasteiger partial charge in [-0.25, -0.2) is 4.68 Å². The summed E-state index contributed by atoms with van der Waals surface area (Å²) in [5.74, 6) is -0.975. The van der Waals surface area contributed by atoms with Crippen molar-refractivity contribution in [2.24, 2.45) is 5.92 Å². The second-order valence-corrected chi connectivity index (χ2v) is 8.76. The Hall–Kier alpha value is -3.51. The summed E-state index contributed by atoms with van der Waals surface area (Å²) < 4.78 is 7.59. The summed E-state index contributed by atoms with van der Waals surface area (Å²) in [6, 6.07) is 19.8. The minimum Gasteiger partial charge on any atom is -0.461 e. The summed E-state index contributed by atoms with van der Waals surface area (Å²) >= 11 is 0. The molecule has 4 aromatic rings. The highest BCUT2D eigenvalue weighted by atomic mass is 16.5. The number of benzene rings is 3. The fourth-order valence-electron chi connectivity index (χ4n) is 4.54. The maximum absolute atomic E-state index is 13.2. The van der Waals surface area contributed by atoms with E-state index in [0.29, 0.717) is 0 Å². The number of esters is 1. The number of fused-ring (bicyclic) bond motifs is 1. The second-order valence-electron chi connectivity index (χ2n) is 8.76. The van der Waals surface area contributed by atoms with Crippen LogP contribution in [0.15, 0.2) is 60.7 Å². The number of hydrogen-bond donors (Lipinski definition) is 1. The van der Waals surface area contributed by atoms with Crippen LogP contribution in [0.4, 0.5) is 0 Å². The third-order valence-electron chi connectivity index (χ3n) is 6.62. The first-order valence-corrected chi connectivity index (χ1v) is 11.7. The average Bonchev–Trinajstić information content (AvgIpc) is 3.29. The van der Waals surface area contributed by atoms with Crippen molar-refractivity contribution in [2.75, 3.05) is 0 Å². The summed E-state index contributed by atoms with van der Waals surface area (Å²) in [4.78, 5) is 13.2. The summed E-state index contributed by atoms with van der Waals surface area (Å²) in [7, 11) is 0. The Bertz CT molecular complexity index is 1300. The summed E-state index contributed by atoms with van der Waals surface area (Å²) in [6.45, 7) is 8.86. The number of aryl methyl sites for hydroxylation is 3. The Balaban J connectivity index is 1.75. The van der Waals surface area contributed by atoms with Gasteiger partial charge in [-0.2, -0.15) is 0 Å². The number of hydrogen-bond acceptors (Lipinski definition) is 5. The maximum atomic E-state index is 13.2. The van der Waals surface area contributed by atoms with Gasteiger partial charge in [-0.3, -0.25) is 4.79 Å². The second kappa shape index (κ2) is 10.2. The molecular formula is C28H31N3O3. The van der Waals surface area contributed by atoms with Crippen LogP contribution >= 0.6 is 0 Å². The molecule has 176 valence electrons. The summed E-state index contributed by atoms with van der Waals surface area (Å²) in [5, 5.41) is 18.5. The van der Waals surface area contributed by atoms with Crippen LogP contribution < -0.4 is 0 Å². The van der Waals surface area contributed by atoms with Crippen LogP contribution in [0.3, 0.4) is 0 Å². The molecule has 3 aromatic carbocycles. The number of aliphatic hydroxyl groups is 1. The highest BCUT2D eigenvalue weighted by Gasteiger charge is 2.31. The molecule has 0 fully saturated rings. The van der Waals surface area contributed by atoms with Crippen molar-refractivity contribution in [2.45, 2.75) is 53.4 Å². The number of rotatable bonds is 8. The first-order valence-electron chi connectivity index (χ1n) is 11.7. The van der Waals surface area contributed by atoms with E-state index in [1.807, 2.05) is 87.0 Å². The van der Waals surface area contributed by atoms with Gasteiger partial charge in [0.2, 0.25) is 0 Å². The number of carbonyl (C=O) groups excluding carboxylic acids is 1. The monoisotopic (exact) mass is 457 g/mol. The molecule has 1 heterocycles. The van der Waals surface area contributed by atoms with E-state index in [0.717, 1.165) is 51.0 Å². The predicted molar refractivity (Wildman–Crippen MR) is 132 cm³/mol. The maximum Gasteiger partial charge on any atom is 0.309 e. The number of ether oxygens (including phenoxy) is 1. The van der Waals surface area contributed by atoms with Crippen LogP contribution in [0, 0.1) is 19.8 Å². The lowest BCUT2D eigenvalue weighted by Crippen LogP contribution is -2.24. The largest absolute Gasteiger partial charge is 0.461 e. The van der Waals surface area contributed by atoms with Crippen molar-refractivity contribution in [1.29, 1.82) is 0 Å². The van der Waals surface area contributed by atoms with Gasteiger partial charge in [0.1, 0.15) is 12.1 Å². The molecule has 0 aliphatic rings. The van der Waals surface area contributed by atoms with E-state index in [9.17, 15) is 9.90 Å². The van der Waals surface area contributed by atoms with Gasteiger partial charge < -0.3 is 9.84 Å². The number of nitrogens with zero attached hydrogens (tertiary/aromatic N) is 3. The Morgan fingerprint density at radius 2 is 1.85 bits per heavy atom. The lowest BCUT2D eigenvalue weighted by molar-refractivity contribution is -0.149. The molecule has 0 spiro atoms. The van der Waals surface area contributed by atoms with Gasteiger partial charge in [0.25, 0.3) is 0 Å². The molecule has 0 aliphatic heterocycles. The van der Waals surface area contributed by atoms with Gasteiger partial charge in [0.05, 0.1) is 18.0 Å². The first-order chi connectivity index (χ1) is 16.4. The predicted octanol–water partition coefficient (Wildman–Crippen LogP) is 5.07. The molecule has 0 saturated carbocycles. The van der Waals surface area contributed by atoms with Gasteiger partial charge in [-0.05, 0) is 60.2 Å². The van der Waals surface area contributed by atoms with Gasteiger partial charge in [0.15, 0.2) is 0 Å². The van der Waals surface area contributed by atoms with Crippen LogP contribution in [0.1, 0.15) is 53.1 Å². The van der Waals surface area contributed by atoms with Gasteiger partial charge in [0, 0.05) is 12.5 Å². The normalized spacial score (nSPS) is 13.1. The summed E-state index contributed by atoms with van der Waals surface area (Å²) in [5.41, 5.74) is 7.59. The zero-order chi connectivity index (χ0) is 24.2. The lowest BCUT2D eigenvalue weighted by atomic mass is 9.79. The standard InChI is InChI=1S/C28H31N3O3/c1-5-31-25-14-13-24(19(3)27(25)29-30-31)26(22-12-11-18(2)23(15-22)16-32)20(4)28(33)34-17-21-9-7-6-8-10-21/h6-15,20,26,32H,5,16-17H2,1-4H3/t20-,26-/m1/s1. The SMILES string of the molecule is CCn1nnc2c(C)c([C@@H](c3ccc(C)c(CO)c3)[C@@H](C)C(=O)OCc3ccccc3)ccc21. The van der Waals surface area contributed by atoms with Gasteiger partial charge in [-0.15, -0.1) is 5.10 Å². The van der Waals surface area contributed by atoms with Gasteiger partial charge in [-0.1, -0.05) is 66.7 Å². The number of carbonyl (C=O) groups is 1. The van der Waals surface area contributed by atoms with Crippen molar-refractivity contribution >= 4 is 17.0 Å². The smallest absolute Gasteiger partial charge is 0.309 e. The average molecular weight is 458 g/mol. The highest BCUT2D eigenvalue weighted by Crippen LogP contribution is 2.37. The van der Waals surface area contributed by atoms with Crippen LogP contribution in [-0.2, 0) is 29.3 Å². The molecule has 4 rings (SSSR count). The minimum absolute atomic E-state index is 0.0535. The highest BCUT2D eigenvalue weighted by molar-refractivity contribution is 5.81. The Labute approximate surface area is 200 Å². The summed E-state index contributed by atoms with van der Waals surface area (Å²) in [6.07, 6.45) is 0. The molecule has 0 radical (unpaired) electrons. The van der Waals surface area contributed by atoms with E-state index >= 15 is 0 Å². The van der Waals surface area contributed by atoms with E-state index in [-0.39, 0.29) is 25.1 Å². The van der Waals surface area contributed by atoms with E-state index in [4.69, 9.17) is 4.74 Å². The fourth-order valence-corrected chi connectivity index (χ4v) is 4.54. The van der Waals surface area contributed by atoms with Crippen molar-refractivity contribution in [3.05, 3.63) is 94.0 Å². The lowest BCUT2D eigenvalue weighted by Gasteiger charge is -2.26. The Morgan fingerprint density at radius 1 is 1.09 bits per heavy atom. The zero-order valence-corrected chi connectivity index (χ0v) is 20.2. The molecule has 0 bridgehead atoms. The third-order valence-corrected chi connectivity index (χ3v) is 6.62. The molecule has 1 N–H and O–H groups in total. The van der Waals surface area contributed by atoms with E-state index < -0.39 is 5.92 Å². The molecular weight excluding hydrogens is 426 g/mol. The quantitative estimate of drug-likeness (QED) is 0.374. The fraction of sp³-hybridized carbons (Fsp3) is 0.321. The molecule has 34 heavy (non-hydrogen) atoms. The molecule has 0 saturated heterocycles. The molecule has 6 nitrogen and oxygen atoms in total. The molecule has 0 aliphatic carbocycles. The van der Waals surface area contributed by atoms with E-state index in [2.05, 4.69) is 16.4 Å². The zero-order valence-electron chi connectivity index (χ0n) is 20.2. The molecule has 6 heteroatoms. The Kier molecular flexibility index (Phi) is 7.08. The van der Waals surface area contributed by atoms with Crippen molar-refractivity contribution in [1.82, 2.24) is 15.0 Å². The van der Waals surface area contributed by atoms with Crippen LogP contribution in [-0.4, -0.2) is 26.1 Å². The van der Waals surface area contributed by atoms with Crippen LogP contribution in [0.2, 0.25) is 0 Å². The number of aromatic nitrogens is 3. The van der Waals surface area contributed by atoms with Gasteiger partial charge >= 0.3 is 5.97 Å². The number of aliphatic hydroxyl groups excluding tert-OH is 1. The molecule has 0 unspecified atom stereocenters. The van der Waals surface area contributed by atoms with E-state index in [1.54, 1.807) is 0 Å². The Morgan fingerprint density at radius 3 is 2.56 bits per heavy atom. The van der Waals surface area contributed by atoms with Crippen molar-refractivity contribution < 1.29 is 14.6 Å². The molecule has 2 atom stereocenters. The molecule has 1 aromatic heterocycles. The third kappa shape index (κ3) is 4.59. The minimum atomic E-state index is -0.449. The molecule has 0 amide bonds. The van der Waals surface area contributed by atoms with Crippen LogP contribution in [0.5, 0.6) is 0 Å². The topological polar surface area (TPSA) is 77.2 Å².